The SMILES string of the molecule is N#CCc1ccc(NC(=O)COC(=O)c2ccc(F)c(F)c2)cc1. The number of esters is 1. The van der Waals surface area contributed by atoms with Gasteiger partial charge in [-0.2, -0.15) is 5.26 Å². The van der Waals surface area contributed by atoms with Crippen LogP contribution in [0.4, 0.5) is 14.5 Å². The van der Waals surface area contributed by atoms with Gasteiger partial charge in [-0.05, 0) is 35.9 Å². The van der Waals surface area contributed by atoms with Crippen molar-refractivity contribution in [2.75, 3.05) is 11.9 Å². The molecular formula is C17H12F2N2O3. The van der Waals surface area contributed by atoms with E-state index in [1.54, 1.807) is 24.3 Å². The lowest BCUT2D eigenvalue weighted by molar-refractivity contribution is -0.119. The first-order valence-corrected chi connectivity index (χ1v) is 6.87. The van der Waals surface area contributed by atoms with Crippen molar-refractivity contribution in [1.82, 2.24) is 0 Å². The maximum atomic E-state index is 13.0. The first-order chi connectivity index (χ1) is 11.5. The lowest BCUT2D eigenvalue weighted by atomic mass is 10.1. The molecule has 2 aromatic carbocycles. The van der Waals surface area contributed by atoms with Gasteiger partial charge in [0.1, 0.15) is 0 Å². The molecule has 0 aliphatic heterocycles. The number of nitrogens with one attached hydrogen (secondary N) is 1. The molecule has 0 atom stereocenters. The van der Waals surface area contributed by atoms with E-state index in [9.17, 15) is 18.4 Å². The molecule has 0 saturated carbocycles. The minimum atomic E-state index is -1.17. The fraction of sp³-hybridized carbons (Fsp3) is 0.118. The highest BCUT2D eigenvalue weighted by atomic mass is 19.2. The molecule has 0 fully saturated rings. The molecular weight excluding hydrogens is 318 g/mol. The van der Waals surface area contributed by atoms with Crippen molar-refractivity contribution in [2.45, 2.75) is 6.42 Å². The molecule has 0 radical (unpaired) electrons. The van der Waals surface area contributed by atoms with Gasteiger partial charge in [-0.3, -0.25) is 4.79 Å². The van der Waals surface area contributed by atoms with Gasteiger partial charge in [0, 0.05) is 5.69 Å². The molecule has 0 heterocycles. The second kappa shape index (κ2) is 7.83. The third-order valence-corrected chi connectivity index (χ3v) is 3.01. The average Bonchev–Trinajstić information content (AvgIpc) is 2.57. The Labute approximate surface area is 136 Å². The van der Waals surface area contributed by atoms with Gasteiger partial charge in [0.2, 0.25) is 0 Å². The van der Waals surface area contributed by atoms with Crippen LogP contribution >= 0.6 is 0 Å². The lowest BCUT2D eigenvalue weighted by Crippen LogP contribution is -2.21. The lowest BCUT2D eigenvalue weighted by Gasteiger charge is -2.07. The van der Waals surface area contributed by atoms with E-state index in [0.717, 1.165) is 17.7 Å². The number of hydrogen-bond donors (Lipinski definition) is 1. The Bertz CT molecular complexity index is 798. The first kappa shape index (κ1) is 17.1. The van der Waals surface area contributed by atoms with E-state index in [1.807, 2.05) is 6.07 Å². The van der Waals surface area contributed by atoms with Crippen molar-refractivity contribution in [1.29, 1.82) is 5.26 Å². The molecule has 24 heavy (non-hydrogen) atoms. The molecule has 0 aromatic heterocycles. The number of carbonyl (C=O) groups is 2. The second-order valence-electron chi connectivity index (χ2n) is 4.79. The number of halogens is 2. The predicted molar refractivity (Wildman–Crippen MR) is 81.0 cm³/mol. The number of nitriles is 1. The van der Waals surface area contributed by atoms with E-state index in [2.05, 4.69) is 5.32 Å². The van der Waals surface area contributed by atoms with E-state index in [0.29, 0.717) is 11.8 Å². The van der Waals surface area contributed by atoms with E-state index >= 15 is 0 Å². The van der Waals surface area contributed by atoms with Crippen molar-refractivity contribution in [2.24, 2.45) is 0 Å². The number of hydrogen-bond acceptors (Lipinski definition) is 4. The minimum absolute atomic E-state index is 0.192. The van der Waals surface area contributed by atoms with E-state index in [4.69, 9.17) is 10.00 Å². The Hall–Kier alpha value is -3.27. The van der Waals surface area contributed by atoms with Crippen LogP contribution in [0.3, 0.4) is 0 Å². The van der Waals surface area contributed by atoms with Crippen LogP contribution in [0, 0.1) is 23.0 Å². The zero-order valence-electron chi connectivity index (χ0n) is 12.4. The van der Waals surface area contributed by atoms with Gasteiger partial charge in [0.05, 0.1) is 18.1 Å². The Morgan fingerprint density at radius 1 is 1.08 bits per heavy atom. The minimum Gasteiger partial charge on any atom is -0.452 e. The maximum absolute atomic E-state index is 13.0. The second-order valence-corrected chi connectivity index (χ2v) is 4.79. The Kier molecular flexibility index (Phi) is 5.58. The van der Waals surface area contributed by atoms with Crippen molar-refractivity contribution in [3.8, 4) is 6.07 Å². The van der Waals surface area contributed by atoms with Gasteiger partial charge in [-0.25, -0.2) is 13.6 Å². The Morgan fingerprint density at radius 2 is 1.79 bits per heavy atom. The van der Waals surface area contributed by atoms with E-state index in [1.165, 1.54) is 0 Å². The van der Waals surface area contributed by atoms with Crippen LogP contribution in [0.15, 0.2) is 42.5 Å². The highest BCUT2D eigenvalue weighted by molar-refractivity contribution is 5.95. The van der Waals surface area contributed by atoms with Gasteiger partial charge < -0.3 is 10.1 Å². The van der Waals surface area contributed by atoms with Crippen molar-refractivity contribution in [3.05, 3.63) is 65.2 Å². The normalized spacial score (nSPS) is 9.88. The van der Waals surface area contributed by atoms with Crippen LogP contribution in [0.1, 0.15) is 15.9 Å². The zero-order chi connectivity index (χ0) is 17.5. The van der Waals surface area contributed by atoms with Crippen LogP contribution in [0.25, 0.3) is 0 Å². The summed E-state index contributed by atoms with van der Waals surface area (Å²) in [5, 5.41) is 11.1. The molecule has 0 saturated heterocycles. The number of nitrogens with zero attached hydrogens (tertiary/aromatic N) is 1. The molecule has 5 nitrogen and oxygen atoms in total. The van der Waals surface area contributed by atoms with Gasteiger partial charge >= 0.3 is 5.97 Å². The average molecular weight is 330 g/mol. The first-order valence-electron chi connectivity index (χ1n) is 6.87. The molecule has 0 aliphatic rings. The van der Waals surface area contributed by atoms with Gasteiger partial charge in [0.15, 0.2) is 18.2 Å². The van der Waals surface area contributed by atoms with Crippen LogP contribution in [-0.4, -0.2) is 18.5 Å². The van der Waals surface area contributed by atoms with Gasteiger partial charge in [0.25, 0.3) is 5.91 Å². The topological polar surface area (TPSA) is 79.2 Å². The standard InChI is InChI=1S/C17H12F2N2O3/c18-14-6-3-12(9-15(14)19)17(23)24-10-16(22)21-13-4-1-11(2-5-13)7-8-20/h1-6,9H,7,10H2,(H,21,22). The van der Waals surface area contributed by atoms with E-state index in [-0.39, 0.29) is 12.0 Å². The molecule has 0 spiro atoms. The summed E-state index contributed by atoms with van der Waals surface area (Å²) in [5.41, 5.74) is 1.09. The molecule has 0 unspecified atom stereocenters. The molecule has 2 rings (SSSR count). The predicted octanol–water partition coefficient (Wildman–Crippen LogP) is 2.83. The number of anilines is 1. The third-order valence-electron chi connectivity index (χ3n) is 3.01. The molecule has 0 aliphatic carbocycles. The van der Waals surface area contributed by atoms with Gasteiger partial charge in [-0.1, -0.05) is 12.1 Å². The van der Waals surface area contributed by atoms with Crippen molar-refractivity contribution in [3.63, 3.8) is 0 Å². The van der Waals surface area contributed by atoms with Crippen molar-refractivity contribution >= 4 is 17.6 Å². The number of benzene rings is 2. The molecule has 0 bridgehead atoms. The van der Waals surface area contributed by atoms with Crippen LogP contribution < -0.4 is 5.32 Å². The smallest absolute Gasteiger partial charge is 0.338 e. The summed E-state index contributed by atoms with van der Waals surface area (Å²) in [7, 11) is 0. The monoisotopic (exact) mass is 330 g/mol. The van der Waals surface area contributed by atoms with Crippen LogP contribution in [0.2, 0.25) is 0 Å². The number of amides is 1. The summed E-state index contributed by atoms with van der Waals surface area (Å²) in [5.74, 6) is -3.78. The fourth-order valence-electron chi connectivity index (χ4n) is 1.83. The highest BCUT2D eigenvalue weighted by Crippen LogP contribution is 2.11. The van der Waals surface area contributed by atoms with E-state index < -0.39 is 30.1 Å². The molecule has 1 N–H and O–H groups in total. The summed E-state index contributed by atoms with van der Waals surface area (Å²) in [6, 6.07) is 11.2. The molecule has 7 heteroatoms. The van der Waals surface area contributed by atoms with Gasteiger partial charge in [-0.15, -0.1) is 0 Å². The summed E-state index contributed by atoms with van der Waals surface area (Å²) < 4.78 is 30.6. The maximum Gasteiger partial charge on any atom is 0.338 e. The molecule has 2 aromatic rings. The van der Waals surface area contributed by atoms with Crippen LogP contribution in [0.5, 0.6) is 0 Å². The molecule has 122 valence electrons. The zero-order valence-corrected chi connectivity index (χ0v) is 12.4. The summed E-state index contributed by atoms with van der Waals surface area (Å²) in [4.78, 5) is 23.4. The number of ether oxygens (including phenoxy) is 1. The largest absolute Gasteiger partial charge is 0.452 e. The Balaban J connectivity index is 1.87. The van der Waals surface area contributed by atoms with Crippen molar-refractivity contribution < 1.29 is 23.1 Å². The molecule has 1 amide bonds. The fourth-order valence-corrected chi connectivity index (χ4v) is 1.83. The van der Waals surface area contributed by atoms with Crippen LogP contribution in [-0.2, 0) is 16.0 Å². The number of rotatable bonds is 5. The summed E-state index contributed by atoms with van der Waals surface area (Å²) in [6.45, 7) is -0.572. The Morgan fingerprint density at radius 3 is 2.42 bits per heavy atom. The summed E-state index contributed by atoms with van der Waals surface area (Å²) >= 11 is 0. The quantitative estimate of drug-likeness (QED) is 0.855. The highest BCUT2D eigenvalue weighted by Gasteiger charge is 2.13. The number of carbonyl (C=O) groups excluding carboxylic acids is 2. The summed E-state index contributed by atoms with van der Waals surface area (Å²) in [6.07, 6.45) is 0.264. The third kappa shape index (κ3) is 4.61.